The Kier molecular flexibility index (Phi) is 7.47. The van der Waals surface area contributed by atoms with E-state index in [1.165, 1.54) is 7.11 Å². The second-order valence-corrected chi connectivity index (χ2v) is 8.24. The molecule has 0 saturated heterocycles. The van der Waals surface area contributed by atoms with Crippen LogP contribution >= 0.6 is 0 Å². The van der Waals surface area contributed by atoms with Gasteiger partial charge in [-0.2, -0.15) is 0 Å². The minimum atomic E-state index is -0.674. The van der Waals surface area contributed by atoms with Crippen LogP contribution < -0.4 is 20.7 Å². The third-order valence-corrected chi connectivity index (χ3v) is 4.58. The summed E-state index contributed by atoms with van der Waals surface area (Å²) in [7, 11) is 1.48. The summed E-state index contributed by atoms with van der Waals surface area (Å²) < 4.78 is 10.5. The summed E-state index contributed by atoms with van der Waals surface area (Å²) in [5.74, 6) is 0.00389. The van der Waals surface area contributed by atoms with Gasteiger partial charge >= 0.3 is 6.09 Å². The van der Waals surface area contributed by atoms with Crippen LogP contribution in [-0.4, -0.2) is 36.7 Å². The summed E-state index contributed by atoms with van der Waals surface area (Å²) >= 11 is 0. The molecule has 2 rings (SSSR count). The first-order chi connectivity index (χ1) is 13.6. The van der Waals surface area contributed by atoms with Gasteiger partial charge in [0.15, 0.2) is 0 Å². The second kappa shape index (κ2) is 9.62. The quantitative estimate of drug-likeness (QED) is 0.669. The minimum absolute atomic E-state index is 0.00383. The molecule has 0 unspecified atom stereocenters. The number of amides is 3. The third kappa shape index (κ3) is 6.96. The van der Waals surface area contributed by atoms with Crippen LogP contribution in [0.25, 0.3) is 0 Å². The van der Waals surface area contributed by atoms with Gasteiger partial charge in [0.1, 0.15) is 17.4 Å². The summed E-state index contributed by atoms with van der Waals surface area (Å²) in [5.41, 5.74) is 0.182. The Labute approximate surface area is 171 Å². The fraction of sp³-hybridized carbons (Fsp3) is 0.571. The highest BCUT2D eigenvalue weighted by Gasteiger charge is 2.25. The van der Waals surface area contributed by atoms with E-state index in [1.807, 2.05) is 0 Å². The van der Waals surface area contributed by atoms with E-state index in [4.69, 9.17) is 9.47 Å². The molecule has 1 aromatic rings. The lowest BCUT2D eigenvalue weighted by molar-refractivity contribution is -0.128. The smallest absolute Gasteiger partial charge is 0.412 e. The van der Waals surface area contributed by atoms with Gasteiger partial charge < -0.3 is 20.1 Å². The molecule has 1 aliphatic carbocycles. The predicted octanol–water partition coefficient (Wildman–Crippen LogP) is 3.68. The first kappa shape index (κ1) is 22.5. The van der Waals surface area contributed by atoms with Crippen molar-refractivity contribution in [3.63, 3.8) is 0 Å². The molecule has 160 valence electrons. The number of hydrogen-bond acceptors (Lipinski definition) is 5. The van der Waals surface area contributed by atoms with Crippen molar-refractivity contribution in [2.45, 2.75) is 65.0 Å². The number of carbonyl (C=O) groups is 3. The topological polar surface area (TPSA) is 106 Å². The highest BCUT2D eigenvalue weighted by molar-refractivity contribution is 5.98. The van der Waals surface area contributed by atoms with Gasteiger partial charge in [0, 0.05) is 11.6 Å². The molecule has 0 aromatic heterocycles. The highest BCUT2D eigenvalue weighted by Crippen LogP contribution is 2.29. The van der Waals surface area contributed by atoms with Crippen LogP contribution in [0.3, 0.4) is 0 Å². The molecule has 0 bridgehead atoms. The lowest BCUT2D eigenvalue weighted by atomic mass is 10.1. The van der Waals surface area contributed by atoms with Crippen LogP contribution in [-0.2, 0) is 14.3 Å². The molecule has 0 heterocycles. The fourth-order valence-corrected chi connectivity index (χ4v) is 3.13. The van der Waals surface area contributed by atoms with Gasteiger partial charge in [-0.3, -0.25) is 14.9 Å². The number of benzene rings is 1. The summed E-state index contributed by atoms with van der Waals surface area (Å²) in [6, 6.07) is 4.19. The number of ether oxygens (including phenoxy) is 2. The maximum absolute atomic E-state index is 12.5. The molecule has 1 fully saturated rings. The second-order valence-electron chi connectivity index (χ2n) is 8.24. The zero-order valence-electron chi connectivity index (χ0n) is 17.8. The van der Waals surface area contributed by atoms with E-state index in [0.717, 1.165) is 25.7 Å². The number of rotatable bonds is 6. The van der Waals surface area contributed by atoms with Crippen molar-refractivity contribution in [1.29, 1.82) is 0 Å². The van der Waals surface area contributed by atoms with Gasteiger partial charge in [-0.05, 0) is 58.7 Å². The van der Waals surface area contributed by atoms with Gasteiger partial charge in [-0.15, -0.1) is 0 Å². The molecule has 1 saturated carbocycles. The van der Waals surface area contributed by atoms with Crippen molar-refractivity contribution in [1.82, 2.24) is 5.32 Å². The van der Waals surface area contributed by atoms with Crippen molar-refractivity contribution in [3.8, 4) is 5.75 Å². The zero-order valence-corrected chi connectivity index (χ0v) is 17.8. The number of carbonyl (C=O) groups excluding carboxylic acids is 3. The molecule has 0 radical (unpaired) electrons. The third-order valence-electron chi connectivity index (χ3n) is 4.58. The van der Waals surface area contributed by atoms with Crippen molar-refractivity contribution >= 4 is 29.3 Å². The first-order valence-electron chi connectivity index (χ1n) is 9.88. The predicted molar refractivity (Wildman–Crippen MR) is 111 cm³/mol. The van der Waals surface area contributed by atoms with Gasteiger partial charge in [-0.1, -0.05) is 12.8 Å². The SMILES string of the molecule is COc1ccc(NC(=O)[C@@H](C)NC(=O)C2CCCC2)cc1NC(=O)OC(C)(C)C. The summed E-state index contributed by atoms with van der Waals surface area (Å²) in [4.78, 5) is 36.7. The Bertz CT molecular complexity index is 751. The zero-order chi connectivity index (χ0) is 21.6. The Hall–Kier alpha value is -2.77. The van der Waals surface area contributed by atoms with Crippen molar-refractivity contribution in [2.24, 2.45) is 5.92 Å². The average molecular weight is 405 g/mol. The van der Waals surface area contributed by atoms with Crippen LogP contribution in [0.1, 0.15) is 53.4 Å². The Morgan fingerprint density at radius 3 is 2.34 bits per heavy atom. The van der Waals surface area contributed by atoms with Crippen LogP contribution in [0.15, 0.2) is 18.2 Å². The van der Waals surface area contributed by atoms with Crippen molar-refractivity contribution in [2.75, 3.05) is 17.7 Å². The Morgan fingerprint density at radius 2 is 1.76 bits per heavy atom. The molecular formula is C21H31N3O5. The number of methoxy groups -OCH3 is 1. The maximum Gasteiger partial charge on any atom is 0.412 e. The molecule has 1 aliphatic rings. The van der Waals surface area contributed by atoms with E-state index in [0.29, 0.717) is 17.1 Å². The summed E-state index contributed by atoms with van der Waals surface area (Å²) in [6.07, 6.45) is 3.23. The summed E-state index contributed by atoms with van der Waals surface area (Å²) in [5, 5.41) is 8.14. The van der Waals surface area contributed by atoms with E-state index >= 15 is 0 Å². The summed E-state index contributed by atoms with van der Waals surface area (Å²) in [6.45, 7) is 6.94. The Balaban J connectivity index is 2.01. The van der Waals surface area contributed by atoms with E-state index < -0.39 is 17.7 Å². The normalized spacial score (nSPS) is 15.3. The van der Waals surface area contributed by atoms with Crippen LogP contribution in [0.4, 0.5) is 16.2 Å². The molecular weight excluding hydrogens is 374 g/mol. The maximum atomic E-state index is 12.5. The number of anilines is 2. The molecule has 1 aromatic carbocycles. The fourth-order valence-electron chi connectivity index (χ4n) is 3.13. The molecule has 3 amide bonds. The van der Waals surface area contributed by atoms with E-state index in [1.54, 1.807) is 45.9 Å². The van der Waals surface area contributed by atoms with Crippen LogP contribution in [0, 0.1) is 5.92 Å². The molecule has 8 heteroatoms. The van der Waals surface area contributed by atoms with Gasteiger partial charge in [0.05, 0.1) is 12.8 Å². The molecule has 0 aliphatic heterocycles. The number of hydrogen-bond donors (Lipinski definition) is 3. The standard InChI is InChI=1S/C21H31N3O5/c1-13(22-19(26)14-8-6-7-9-14)18(25)23-15-10-11-17(28-5)16(12-15)24-20(27)29-21(2,3)4/h10-14H,6-9H2,1-5H3,(H,22,26)(H,23,25)(H,24,27)/t13-/m1/s1. The van der Waals surface area contributed by atoms with Crippen molar-refractivity contribution < 1.29 is 23.9 Å². The lowest BCUT2D eigenvalue weighted by Crippen LogP contribution is -2.43. The van der Waals surface area contributed by atoms with Gasteiger partial charge in [-0.25, -0.2) is 4.79 Å². The average Bonchev–Trinajstić information content (AvgIpc) is 3.15. The van der Waals surface area contributed by atoms with Crippen molar-refractivity contribution in [3.05, 3.63) is 18.2 Å². The molecule has 3 N–H and O–H groups in total. The Morgan fingerprint density at radius 1 is 1.10 bits per heavy atom. The van der Waals surface area contributed by atoms with Crippen LogP contribution in [0.2, 0.25) is 0 Å². The molecule has 29 heavy (non-hydrogen) atoms. The minimum Gasteiger partial charge on any atom is -0.495 e. The van der Waals surface area contributed by atoms with Gasteiger partial charge in [0.2, 0.25) is 11.8 Å². The number of nitrogens with one attached hydrogen (secondary N) is 3. The van der Waals surface area contributed by atoms with Crippen LogP contribution in [0.5, 0.6) is 5.75 Å². The molecule has 1 atom stereocenters. The highest BCUT2D eigenvalue weighted by atomic mass is 16.6. The monoisotopic (exact) mass is 405 g/mol. The lowest BCUT2D eigenvalue weighted by Gasteiger charge is -2.21. The van der Waals surface area contributed by atoms with E-state index in [-0.39, 0.29) is 17.7 Å². The molecule has 0 spiro atoms. The van der Waals surface area contributed by atoms with E-state index in [2.05, 4.69) is 16.0 Å². The first-order valence-corrected chi connectivity index (χ1v) is 9.88. The van der Waals surface area contributed by atoms with E-state index in [9.17, 15) is 14.4 Å². The van der Waals surface area contributed by atoms with Gasteiger partial charge in [0.25, 0.3) is 0 Å². The largest absolute Gasteiger partial charge is 0.495 e. The molecule has 8 nitrogen and oxygen atoms in total.